The van der Waals surface area contributed by atoms with E-state index in [9.17, 15) is 24.6 Å². The molecule has 3 aliphatic heterocycles. The van der Waals surface area contributed by atoms with Crippen LogP contribution >= 0.6 is 0 Å². The van der Waals surface area contributed by atoms with Crippen LogP contribution in [0.1, 0.15) is 106 Å². The number of methoxy groups -OCH3 is 3. The van der Waals surface area contributed by atoms with E-state index in [1.807, 2.05) is 83.1 Å². The number of hydrogen-bond donors (Lipinski definition) is 2. The molecule has 18 atom stereocenters. The molecule has 74 heavy (non-hydrogen) atoms. The Morgan fingerprint density at radius 2 is 1.38 bits per heavy atom. The fourth-order valence-electron chi connectivity index (χ4n) is 11.1. The van der Waals surface area contributed by atoms with Gasteiger partial charge in [0.05, 0.1) is 59.4 Å². The van der Waals surface area contributed by atoms with Crippen molar-refractivity contribution in [3.63, 3.8) is 0 Å². The lowest BCUT2D eigenvalue weighted by Crippen LogP contribution is -2.62. The number of carbonyl (C=O) groups excluding carboxylic acids is 3. The van der Waals surface area contributed by atoms with E-state index in [0.717, 1.165) is 5.56 Å². The van der Waals surface area contributed by atoms with E-state index < -0.39 is 126 Å². The minimum atomic E-state index is -1.74. The van der Waals surface area contributed by atoms with Gasteiger partial charge in [-0.25, -0.2) is 9.59 Å². The smallest absolute Gasteiger partial charge is 0.459 e. The second-order valence-electron chi connectivity index (χ2n) is 20.9. The Hall–Kier alpha value is -4.44. The van der Waals surface area contributed by atoms with Crippen molar-refractivity contribution < 1.29 is 81.5 Å². The first-order valence-corrected chi connectivity index (χ1v) is 25.8. The number of cyclic esters (lactones) is 1. The molecule has 0 bridgehead atoms. The first kappa shape index (κ1) is 60.4. The number of rotatable bonds is 15. The summed E-state index contributed by atoms with van der Waals surface area (Å²) in [7, 11) is 7.50. The van der Waals surface area contributed by atoms with Crippen molar-refractivity contribution in [2.75, 3.05) is 35.5 Å². The van der Waals surface area contributed by atoms with Gasteiger partial charge in [0.25, 0.3) is 0 Å². The van der Waals surface area contributed by atoms with Gasteiger partial charge < -0.3 is 72.1 Å². The minimum Gasteiger partial charge on any atom is -0.459 e. The number of nitrogens with zero attached hydrogens (tertiary/aromatic N) is 2. The first-order valence-electron chi connectivity index (χ1n) is 25.8. The second kappa shape index (κ2) is 26.6. The van der Waals surface area contributed by atoms with Crippen LogP contribution in [0.25, 0.3) is 0 Å². The van der Waals surface area contributed by atoms with Crippen molar-refractivity contribution in [1.29, 1.82) is 0 Å². The lowest BCUT2D eigenvalue weighted by atomic mass is 9.73. The highest BCUT2D eigenvalue weighted by atomic mass is 16.8. The summed E-state index contributed by atoms with van der Waals surface area (Å²) in [4.78, 5) is 49.6. The maximum Gasteiger partial charge on any atom is 0.509 e. The van der Waals surface area contributed by atoms with Crippen LogP contribution < -0.4 is 0 Å². The number of oxime groups is 1. The van der Waals surface area contributed by atoms with E-state index in [1.165, 1.54) is 33.3 Å². The predicted molar refractivity (Wildman–Crippen MR) is 271 cm³/mol. The number of hydrogen-bond acceptors (Lipinski definition) is 18. The zero-order valence-corrected chi connectivity index (χ0v) is 46.1. The largest absolute Gasteiger partial charge is 0.509 e. The highest BCUT2D eigenvalue weighted by Crippen LogP contribution is 2.43. The van der Waals surface area contributed by atoms with Crippen molar-refractivity contribution in [3.05, 3.63) is 71.8 Å². The first-order chi connectivity index (χ1) is 35.0. The Balaban J connectivity index is 1.67. The van der Waals surface area contributed by atoms with E-state index in [-0.39, 0.29) is 38.9 Å². The number of aliphatic hydroxyl groups is 2. The van der Waals surface area contributed by atoms with Gasteiger partial charge in [0.15, 0.2) is 18.7 Å². The Kier molecular flexibility index (Phi) is 21.7. The molecule has 0 aromatic heterocycles. The van der Waals surface area contributed by atoms with Gasteiger partial charge >= 0.3 is 18.2 Å². The number of ether oxygens (including phenoxy) is 11. The van der Waals surface area contributed by atoms with E-state index in [0.29, 0.717) is 11.3 Å². The molecule has 1 amide bonds. The summed E-state index contributed by atoms with van der Waals surface area (Å²) < 4.78 is 69.7. The van der Waals surface area contributed by atoms with Gasteiger partial charge in [-0.05, 0) is 71.9 Å². The predicted octanol–water partition coefficient (Wildman–Crippen LogP) is 7.60. The number of benzene rings is 2. The third-order valence-electron chi connectivity index (χ3n) is 15.4. The van der Waals surface area contributed by atoms with Crippen molar-refractivity contribution in [2.24, 2.45) is 28.8 Å². The van der Waals surface area contributed by atoms with Crippen LogP contribution in [-0.2, 0) is 75.0 Å². The molecule has 3 fully saturated rings. The Morgan fingerprint density at radius 1 is 0.784 bits per heavy atom. The van der Waals surface area contributed by atoms with Gasteiger partial charge in [0.2, 0.25) is 0 Å². The Bertz CT molecular complexity index is 2120. The summed E-state index contributed by atoms with van der Waals surface area (Å²) >= 11 is 0. The highest BCUT2D eigenvalue weighted by molar-refractivity contribution is 5.89. The summed E-state index contributed by atoms with van der Waals surface area (Å²) in [6, 6.07) is 17.5. The van der Waals surface area contributed by atoms with Crippen molar-refractivity contribution in [2.45, 2.75) is 192 Å². The summed E-state index contributed by atoms with van der Waals surface area (Å²) in [5.74, 6) is -3.73. The monoisotopic (exact) mass is 1040 g/mol. The second-order valence-corrected chi connectivity index (χ2v) is 20.9. The molecule has 3 aliphatic rings. The molecule has 0 spiro atoms. The molecular formula is C55H84N2O17. The molecule has 416 valence electrons. The van der Waals surface area contributed by atoms with Gasteiger partial charge in [-0.2, -0.15) is 0 Å². The molecule has 2 aromatic rings. The highest BCUT2D eigenvalue weighted by Gasteiger charge is 2.55. The fourth-order valence-corrected chi connectivity index (χ4v) is 11.1. The average Bonchev–Trinajstić information content (AvgIpc) is 3.38. The third-order valence-corrected chi connectivity index (χ3v) is 15.4. The zero-order chi connectivity index (χ0) is 54.7. The number of likely N-dealkylation sites (N-methyl/N-ethyl adjacent to an activating group) is 1. The van der Waals surface area contributed by atoms with Gasteiger partial charge in [-0.15, -0.1) is 0 Å². The van der Waals surface area contributed by atoms with Gasteiger partial charge in [-0.3, -0.25) is 4.79 Å². The average molecular weight is 1050 g/mol. The van der Waals surface area contributed by atoms with Crippen LogP contribution in [0.2, 0.25) is 0 Å². The normalized spacial score (nSPS) is 38.0. The van der Waals surface area contributed by atoms with Crippen LogP contribution in [0.5, 0.6) is 0 Å². The molecule has 19 heteroatoms. The minimum absolute atomic E-state index is 0.0139. The number of amides is 1. The maximum absolute atomic E-state index is 14.8. The van der Waals surface area contributed by atoms with Gasteiger partial charge in [0.1, 0.15) is 38.1 Å². The lowest BCUT2D eigenvalue weighted by molar-refractivity contribution is -0.319. The van der Waals surface area contributed by atoms with Crippen molar-refractivity contribution in [1.82, 2.24) is 4.90 Å². The molecule has 0 saturated carbocycles. The quantitative estimate of drug-likeness (QED) is 0.0997. The molecule has 0 aliphatic carbocycles. The van der Waals surface area contributed by atoms with Gasteiger partial charge in [0, 0.05) is 52.6 Å². The number of esters is 1. The molecule has 2 aromatic carbocycles. The standard InChI is InChI=1S/C55H84N2O17/c1-16-41-55(10,62)48(63-12)34(4)43(56-66-15)32(2)28-54(9,65-14)47(35(5)44(36(6)49(59)71-41)72-42-29-53(8,64-13)46(58)37(7)70-42)74-50-45(73-52(61)68-31-39-25-21-18-22-26-39)40(27-33(3)69-50)57(11)51(60)67-30-38-23-19-17-20-24-38/h17-26,32-37,40-42,44-48,50,58,62H,16,27-31H2,1-15H3/b56-43+/t32-,33-,34+,35+,36-,37+,40+,41-,42+,44+,45-,46+,47-,48-,50+,53-,54-,55-/m1/s1. The molecule has 3 heterocycles. The topological polar surface area (TPSA) is 218 Å². The van der Waals surface area contributed by atoms with Crippen LogP contribution in [-0.4, -0.2) is 159 Å². The molecule has 19 nitrogen and oxygen atoms in total. The molecular weight excluding hydrogens is 961 g/mol. The maximum atomic E-state index is 14.8. The fraction of sp³-hybridized carbons (Fsp3) is 0.709. The Morgan fingerprint density at radius 3 is 1.93 bits per heavy atom. The molecule has 0 radical (unpaired) electrons. The summed E-state index contributed by atoms with van der Waals surface area (Å²) in [6.07, 6.45) is -11.5. The van der Waals surface area contributed by atoms with Crippen LogP contribution in [0.15, 0.2) is 65.8 Å². The summed E-state index contributed by atoms with van der Waals surface area (Å²) in [5.41, 5.74) is -2.19. The zero-order valence-electron chi connectivity index (χ0n) is 46.1. The van der Waals surface area contributed by atoms with Crippen molar-refractivity contribution >= 4 is 23.9 Å². The van der Waals surface area contributed by atoms with Crippen LogP contribution in [0.3, 0.4) is 0 Å². The van der Waals surface area contributed by atoms with E-state index in [2.05, 4.69) is 5.16 Å². The molecule has 0 unspecified atom stereocenters. The summed E-state index contributed by atoms with van der Waals surface area (Å²) in [5, 5.41) is 28.1. The third kappa shape index (κ3) is 14.3. The Labute approximate surface area is 437 Å². The van der Waals surface area contributed by atoms with E-state index >= 15 is 0 Å². The summed E-state index contributed by atoms with van der Waals surface area (Å²) in [6.45, 7) is 17.7. The number of carbonyl (C=O) groups is 3. The van der Waals surface area contributed by atoms with E-state index in [4.69, 9.17) is 56.9 Å². The molecule has 5 rings (SSSR count). The molecule has 2 N–H and O–H groups in total. The molecule has 3 saturated heterocycles. The van der Waals surface area contributed by atoms with Crippen molar-refractivity contribution in [3.8, 4) is 0 Å². The number of aliphatic hydroxyl groups excluding tert-OH is 1. The van der Waals surface area contributed by atoms with Crippen LogP contribution in [0, 0.1) is 23.7 Å². The lowest BCUT2D eigenvalue weighted by Gasteiger charge is -2.50. The SMILES string of the molecule is CC[C@H]1OC(=O)[C@H](C)[C@@H](O[C@H]2C[C@@](C)(OC)[C@@H](O)[C@H](C)O2)[C@H](C)[C@@H](O[C@@H]2O[C@H](C)C[C@H](N(C)C(=O)OCc3ccccc3)[C@H]2OC(=O)OCc2ccccc2)[C@](C)(OC)C[C@@H](C)/C(=N\OC)[C@H](C)[C@@H](OC)[C@]1(C)O. The van der Waals surface area contributed by atoms with Crippen LogP contribution in [0.4, 0.5) is 9.59 Å². The van der Waals surface area contributed by atoms with E-state index in [1.54, 1.807) is 53.8 Å². The van der Waals surface area contributed by atoms with Gasteiger partial charge in [-0.1, -0.05) is 93.5 Å².